The topological polar surface area (TPSA) is 44.0 Å². The van der Waals surface area contributed by atoms with Gasteiger partial charge in [-0.2, -0.15) is 5.26 Å². The summed E-state index contributed by atoms with van der Waals surface area (Å²) in [6.45, 7) is 3.73. The smallest absolute Gasteiger partial charge is 0.0805 e. The second kappa shape index (κ2) is 4.95. The molecule has 0 heterocycles. The molecule has 0 saturated heterocycles. The van der Waals surface area contributed by atoms with Gasteiger partial charge in [0.25, 0.3) is 0 Å². The maximum absolute atomic E-state index is 10.00. The maximum Gasteiger partial charge on any atom is 0.0805 e. The average molecular weight is 203 g/mol. The highest BCUT2D eigenvalue weighted by Gasteiger charge is 2.30. The van der Waals surface area contributed by atoms with Gasteiger partial charge in [-0.3, -0.25) is 0 Å². The molecular weight excluding hydrogens is 186 g/mol. The number of hydrogen-bond donors (Lipinski definition) is 1. The molecule has 1 N–H and O–H groups in total. The van der Waals surface area contributed by atoms with Crippen LogP contribution in [0.1, 0.15) is 25.8 Å². The number of benzene rings is 1. The van der Waals surface area contributed by atoms with Crippen LogP contribution in [0.5, 0.6) is 0 Å². The lowest BCUT2D eigenvalue weighted by Crippen LogP contribution is -2.32. The first-order valence-corrected chi connectivity index (χ1v) is 5.25. The average Bonchev–Trinajstić information content (AvgIpc) is 2.29. The van der Waals surface area contributed by atoms with E-state index in [1.807, 2.05) is 37.3 Å². The van der Waals surface area contributed by atoms with Gasteiger partial charge in [-0.1, -0.05) is 37.3 Å². The zero-order valence-corrected chi connectivity index (χ0v) is 9.27. The second-order valence-corrected chi connectivity index (χ2v) is 4.09. The molecule has 0 saturated carbocycles. The molecule has 0 aliphatic carbocycles. The summed E-state index contributed by atoms with van der Waals surface area (Å²) in [6.07, 6.45) is 0.603. The molecule has 15 heavy (non-hydrogen) atoms. The largest absolute Gasteiger partial charge is 0.391 e. The Morgan fingerprint density at radius 3 is 2.47 bits per heavy atom. The van der Waals surface area contributed by atoms with Crippen LogP contribution in [0.3, 0.4) is 0 Å². The van der Waals surface area contributed by atoms with Crippen LogP contribution in [-0.2, 0) is 6.42 Å². The fourth-order valence-corrected chi connectivity index (χ4v) is 1.45. The normalized spacial score (nSPS) is 16.4. The van der Waals surface area contributed by atoms with Crippen LogP contribution in [0.15, 0.2) is 30.3 Å². The fourth-order valence-electron chi connectivity index (χ4n) is 1.45. The molecule has 0 bridgehead atoms. The predicted molar refractivity (Wildman–Crippen MR) is 60.2 cm³/mol. The minimum Gasteiger partial charge on any atom is -0.391 e. The van der Waals surface area contributed by atoms with E-state index >= 15 is 0 Å². The third kappa shape index (κ3) is 2.81. The van der Waals surface area contributed by atoms with E-state index in [4.69, 9.17) is 5.26 Å². The van der Waals surface area contributed by atoms with Gasteiger partial charge in [0.2, 0.25) is 0 Å². The molecule has 2 heteroatoms. The van der Waals surface area contributed by atoms with Crippen molar-refractivity contribution in [3.8, 4) is 6.07 Å². The summed E-state index contributed by atoms with van der Waals surface area (Å²) < 4.78 is 0. The molecule has 0 aromatic heterocycles. The minimum absolute atomic E-state index is 0.540. The van der Waals surface area contributed by atoms with Crippen LogP contribution in [0, 0.1) is 16.7 Å². The van der Waals surface area contributed by atoms with E-state index in [0.29, 0.717) is 12.8 Å². The Morgan fingerprint density at radius 2 is 2.00 bits per heavy atom. The highest BCUT2D eigenvalue weighted by molar-refractivity contribution is 5.17. The van der Waals surface area contributed by atoms with Crippen molar-refractivity contribution < 1.29 is 5.11 Å². The summed E-state index contributed by atoms with van der Waals surface area (Å²) in [6, 6.07) is 12.0. The summed E-state index contributed by atoms with van der Waals surface area (Å²) in [4.78, 5) is 0. The van der Waals surface area contributed by atoms with E-state index in [2.05, 4.69) is 6.07 Å². The molecular formula is C13H17NO. The van der Waals surface area contributed by atoms with Crippen LogP contribution < -0.4 is 0 Å². The zero-order chi connectivity index (χ0) is 11.3. The van der Waals surface area contributed by atoms with Gasteiger partial charge in [-0.25, -0.2) is 0 Å². The number of nitriles is 1. The van der Waals surface area contributed by atoms with Crippen molar-refractivity contribution in [2.24, 2.45) is 5.41 Å². The highest BCUT2D eigenvalue weighted by atomic mass is 16.3. The molecule has 0 aliphatic heterocycles. The molecule has 1 aromatic carbocycles. The lowest BCUT2D eigenvalue weighted by Gasteiger charge is -2.26. The number of hydrogen-bond acceptors (Lipinski definition) is 2. The highest BCUT2D eigenvalue weighted by Crippen LogP contribution is 2.27. The molecule has 0 amide bonds. The summed E-state index contributed by atoms with van der Waals surface area (Å²) >= 11 is 0. The van der Waals surface area contributed by atoms with E-state index in [1.54, 1.807) is 6.92 Å². The first kappa shape index (κ1) is 11.7. The molecule has 1 aromatic rings. The van der Waals surface area contributed by atoms with Gasteiger partial charge < -0.3 is 5.11 Å². The second-order valence-electron chi connectivity index (χ2n) is 4.09. The van der Waals surface area contributed by atoms with Crippen LogP contribution >= 0.6 is 0 Å². The third-order valence-electron chi connectivity index (χ3n) is 3.00. The summed E-state index contributed by atoms with van der Waals surface area (Å²) in [5.41, 5.74) is 0.426. The Morgan fingerprint density at radius 1 is 1.40 bits per heavy atom. The predicted octanol–water partition coefficient (Wildman–Crippen LogP) is 2.53. The summed E-state index contributed by atoms with van der Waals surface area (Å²) in [7, 11) is 0. The molecule has 80 valence electrons. The first-order valence-electron chi connectivity index (χ1n) is 5.25. The van der Waals surface area contributed by atoms with Crippen molar-refractivity contribution in [3.05, 3.63) is 35.9 Å². The Hall–Kier alpha value is -1.33. The maximum atomic E-state index is 10.00. The molecule has 2 atom stereocenters. The van der Waals surface area contributed by atoms with Gasteiger partial charge in [-0.05, 0) is 25.3 Å². The van der Waals surface area contributed by atoms with Gasteiger partial charge in [0.15, 0.2) is 0 Å². The quantitative estimate of drug-likeness (QED) is 0.817. The van der Waals surface area contributed by atoms with E-state index < -0.39 is 11.5 Å². The van der Waals surface area contributed by atoms with E-state index in [0.717, 1.165) is 5.56 Å². The van der Waals surface area contributed by atoms with E-state index in [-0.39, 0.29) is 0 Å². The lowest BCUT2D eigenvalue weighted by atomic mass is 9.80. The van der Waals surface area contributed by atoms with Gasteiger partial charge >= 0.3 is 0 Å². The van der Waals surface area contributed by atoms with E-state index in [9.17, 15) is 5.11 Å². The van der Waals surface area contributed by atoms with Gasteiger partial charge in [0.1, 0.15) is 0 Å². The Bertz CT molecular complexity index is 341. The molecule has 1 rings (SSSR count). The van der Waals surface area contributed by atoms with Crippen LogP contribution in [0.25, 0.3) is 0 Å². The first-order chi connectivity index (χ1) is 7.12. The van der Waals surface area contributed by atoms with Crippen molar-refractivity contribution in [2.75, 3.05) is 0 Å². The SMILES string of the molecule is CCC(C)(C#N)C(O)Cc1ccccc1. The molecule has 0 radical (unpaired) electrons. The molecule has 2 nitrogen and oxygen atoms in total. The van der Waals surface area contributed by atoms with E-state index in [1.165, 1.54) is 0 Å². The van der Waals surface area contributed by atoms with Crippen LogP contribution in [0.4, 0.5) is 0 Å². The minimum atomic E-state index is -0.643. The van der Waals surface area contributed by atoms with Crippen molar-refractivity contribution in [2.45, 2.75) is 32.8 Å². The number of nitrogens with zero attached hydrogens (tertiary/aromatic N) is 1. The van der Waals surface area contributed by atoms with Crippen molar-refractivity contribution >= 4 is 0 Å². The molecule has 0 fully saturated rings. The third-order valence-corrected chi connectivity index (χ3v) is 3.00. The van der Waals surface area contributed by atoms with Gasteiger partial charge in [-0.15, -0.1) is 0 Å². The zero-order valence-electron chi connectivity index (χ0n) is 9.27. The Labute approximate surface area is 91.2 Å². The van der Waals surface area contributed by atoms with Gasteiger partial charge in [0.05, 0.1) is 17.6 Å². The fraction of sp³-hybridized carbons (Fsp3) is 0.462. The molecule has 2 unspecified atom stereocenters. The van der Waals surface area contributed by atoms with Crippen LogP contribution in [-0.4, -0.2) is 11.2 Å². The van der Waals surface area contributed by atoms with Crippen molar-refractivity contribution in [1.82, 2.24) is 0 Å². The van der Waals surface area contributed by atoms with Crippen molar-refractivity contribution in [3.63, 3.8) is 0 Å². The summed E-state index contributed by atoms with van der Waals surface area (Å²) in [5.74, 6) is 0. The number of aliphatic hydroxyl groups is 1. The lowest BCUT2D eigenvalue weighted by molar-refractivity contribution is 0.0729. The summed E-state index contributed by atoms with van der Waals surface area (Å²) in [5, 5.41) is 19.0. The molecule has 0 spiro atoms. The monoisotopic (exact) mass is 203 g/mol. The number of aliphatic hydroxyl groups excluding tert-OH is 1. The Balaban J connectivity index is 2.72. The number of rotatable bonds is 4. The Kier molecular flexibility index (Phi) is 3.88. The van der Waals surface area contributed by atoms with Gasteiger partial charge in [0, 0.05) is 0 Å². The van der Waals surface area contributed by atoms with Crippen molar-refractivity contribution in [1.29, 1.82) is 5.26 Å². The molecule has 0 aliphatic rings. The van der Waals surface area contributed by atoms with Crippen LogP contribution in [0.2, 0.25) is 0 Å². The standard InChI is InChI=1S/C13H17NO/c1-3-13(2,10-14)12(15)9-11-7-5-4-6-8-11/h4-8,12,15H,3,9H2,1-2H3.